The van der Waals surface area contributed by atoms with Crippen molar-refractivity contribution in [2.24, 2.45) is 0 Å². The van der Waals surface area contributed by atoms with Gasteiger partial charge in [-0.1, -0.05) is 48.5 Å². The Morgan fingerprint density at radius 3 is 1.45 bits per heavy atom. The predicted molar refractivity (Wildman–Crippen MR) is 170 cm³/mol. The Balaban J connectivity index is 0.915. The van der Waals surface area contributed by atoms with Crippen molar-refractivity contribution in [1.82, 2.24) is 0 Å². The second-order valence-corrected chi connectivity index (χ2v) is 11.6. The molecule has 0 aliphatic carbocycles. The Morgan fingerprint density at radius 2 is 1.00 bits per heavy atom. The van der Waals surface area contributed by atoms with Crippen LogP contribution in [0.4, 0.5) is 0 Å². The molecule has 2 aliphatic rings. The third kappa shape index (κ3) is 8.99. The summed E-state index contributed by atoms with van der Waals surface area (Å²) in [4.78, 5) is 0. The van der Waals surface area contributed by atoms with E-state index < -0.39 is 6.10 Å². The van der Waals surface area contributed by atoms with Crippen LogP contribution in [0.3, 0.4) is 0 Å². The average Bonchev–Trinajstić information content (AvgIpc) is 3.98. The van der Waals surface area contributed by atoms with Crippen molar-refractivity contribution in [1.29, 1.82) is 0 Å². The maximum atomic E-state index is 10.6. The van der Waals surface area contributed by atoms with Gasteiger partial charge in [0.2, 0.25) is 0 Å². The summed E-state index contributed by atoms with van der Waals surface area (Å²) in [5.41, 5.74) is 4.39. The zero-order valence-corrected chi connectivity index (χ0v) is 25.3. The summed E-state index contributed by atoms with van der Waals surface area (Å²) in [7, 11) is 0. The summed E-state index contributed by atoms with van der Waals surface area (Å²) in [5.74, 6) is 3.18. The van der Waals surface area contributed by atoms with Gasteiger partial charge in [-0.3, -0.25) is 0 Å². The topological polar surface area (TPSA) is 82.2 Å². The van der Waals surface area contributed by atoms with E-state index in [4.69, 9.17) is 28.4 Å². The molecular weight excluding hydrogens is 556 g/mol. The van der Waals surface area contributed by atoms with Crippen molar-refractivity contribution in [3.8, 4) is 45.3 Å². The van der Waals surface area contributed by atoms with E-state index in [9.17, 15) is 5.11 Å². The first-order valence-electron chi connectivity index (χ1n) is 15.4. The molecule has 2 fully saturated rings. The molecule has 0 bridgehead atoms. The van der Waals surface area contributed by atoms with Crippen molar-refractivity contribution in [3.05, 3.63) is 97.1 Å². The highest BCUT2D eigenvalue weighted by Crippen LogP contribution is 2.28. The van der Waals surface area contributed by atoms with E-state index in [1.165, 1.54) is 0 Å². The molecule has 0 saturated carbocycles. The van der Waals surface area contributed by atoms with Crippen LogP contribution in [0.25, 0.3) is 22.3 Å². The maximum absolute atomic E-state index is 10.6. The molecule has 0 aromatic heterocycles. The molecule has 230 valence electrons. The van der Waals surface area contributed by atoms with Crippen LogP contribution in [0.5, 0.6) is 23.0 Å². The second-order valence-electron chi connectivity index (χ2n) is 11.6. The highest BCUT2D eigenvalue weighted by Gasteiger charge is 2.25. The minimum Gasteiger partial charge on any atom is -0.491 e. The van der Waals surface area contributed by atoms with Gasteiger partial charge in [0.25, 0.3) is 0 Å². The van der Waals surface area contributed by atoms with Crippen LogP contribution in [0, 0.1) is 0 Å². The maximum Gasteiger partial charge on any atom is 0.119 e. The van der Waals surface area contributed by atoms with Gasteiger partial charge < -0.3 is 33.5 Å². The molecule has 7 heteroatoms. The first-order chi connectivity index (χ1) is 21.5. The normalized spacial score (nSPS) is 19.0. The standard InChI is InChI=1S/C37H40O7/c1-25(43-34-15-7-29(8-16-34)28-5-13-33(14-6-28)40-23-37-24-42-37)19-31(38)21-39-32-11-3-27(4-12-32)30-9-17-35(18-10-30)44-26(2)20-36-22-41-36/h3-18,25-26,31,36-38H,19-24H2,1-2H3. The first kappa shape index (κ1) is 30.0. The Bertz CT molecular complexity index is 1440. The molecule has 0 spiro atoms. The molecule has 44 heavy (non-hydrogen) atoms. The second kappa shape index (κ2) is 14.2. The Hall–Kier alpha value is -4.04. The molecule has 4 aromatic carbocycles. The lowest BCUT2D eigenvalue weighted by Crippen LogP contribution is -2.25. The molecule has 0 amide bonds. The van der Waals surface area contributed by atoms with Gasteiger partial charge in [0.1, 0.15) is 42.3 Å². The van der Waals surface area contributed by atoms with Gasteiger partial charge in [-0.2, -0.15) is 0 Å². The number of aliphatic hydroxyl groups excluding tert-OH is 1. The Morgan fingerprint density at radius 1 is 0.591 bits per heavy atom. The molecule has 7 nitrogen and oxygen atoms in total. The fourth-order valence-electron chi connectivity index (χ4n) is 5.07. The summed E-state index contributed by atoms with van der Waals surface area (Å²) in [6, 6.07) is 32.0. The molecule has 4 aromatic rings. The number of hydrogen-bond acceptors (Lipinski definition) is 7. The van der Waals surface area contributed by atoms with E-state index in [-0.39, 0.29) is 24.9 Å². The molecule has 2 saturated heterocycles. The van der Waals surface area contributed by atoms with Gasteiger partial charge >= 0.3 is 0 Å². The van der Waals surface area contributed by atoms with Crippen molar-refractivity contribution in [3.63, 3.8) is 0 Å². The monoisotopic (exact) mass is 596 g/mol. The smallest absolute Gasteiger partial charge is 0.119 e. The van der Waals surface area contributed by atoms with Gasteiger partial charge in [0.05, 0.1) is 37.6 Å². The predicted octanol–water partition coefficient (Wildman–Crippen LogP) is 6.95. The number of aliphatic hydroxyl groups is 1. The van der Waals surface area contributed by atoms with Crippen LogP contribution in [0.1, 0.15) is 26.7 Å². The Labute approximate surface area is 259 Å². The number of hydrogen-bond donors (Lipinski definition) is 1. The molecule has 2 heterocycles. The average molecular weight is 597 g/mol. The fourth-order valence-corrected chi connectivity index (χ4v) is 5.07. The quantitative estimate of drug-likeness (QED) is 0.140. The zero-order chi connectivity index (χ0) is 30.3. The molecular formula is C37H40O7. The first-order valence-corrected chi connectivity index (χ1v) is 15.4. The highest BCUT2D eigenvalue weighted by atomic mass is 16.6. The molecule has 2 aliphatic heterocycles. The number of benzene rings is 4. The minimum atomic E-state index is -0.655. The van der Waals surface area contributed by atoms with Crippen LogP contribution < -0.4 is 18.9 Å². The zero-order valence-electron chi connectivity index (χ0n) is 25.3. The third-order valence-corrected chi connectivity index (χ3v) is 7.64. The fraction of sp³-hybridized carbons (Fsp3) is 0.351. The van der Waals surface area contributed by atoms with Gasteiger partial charge in [-0.05, 0) is 84.6 Å². The summed E-state index contributed by atoms with van der Waals surface area (Å²) in [6.07, 6.45) is 1.27. The number of epoxide rings is 2. The molecule has 0 radical (unpaired) electrons. The SMILES string of the molecule is CC(CC(O)COc1ccc(-c2ccc(OC(C)CC3CO3)cc2)cc1)Oc1ccc(-c2ccc(OCC3CO3)cc2)cc1. The van der Waals surface area contributed by atoms with E-state index in [1.54, 1.807) is 0 Å². The third-order valence-electron chi connectivity index (χ3n) is 7.64. The lowest BCUT2D eigenvalue weighted by Gasteiger charge is -2.19. The van der Waals surface area contributed by atoms with E-state index in [0.29, 0.717) is 24.9 Å². The van der Waals surface area contributed by atoms with Crippen LogP contribution in [0.2, 0.25) is 0 Å². The lowest BCUT2D eigenvalue weighted by molar-refractivity contribution is 0.0636. The van der Waals surface area contributed by atoms with E-state index in [2.05, 4.69) is 19.1 Å². The van der Waals surface area contributed by atoms with Crippen molar-refractivity contribution in [2.75, 3.05) is 26.4 Å². The van der Waals surface area contributed by atoms with Gasteiger partial charge in [-0.15, -0.1) is 0 Å². The van der Waals surface area contributed by atoms with Crippen LogP contribution in [0.15, 0.2) is 97.1 Å². The van der Waals surface area contributed by atoms with Crippen LogP contribution in [-0.2, 0) is 9.47 Å². The van der Waals surface area contributed by atoms with E-state index >= 15 is 0 Å². The molecule has 1 N–H and O–H groups in total. The molecule has 5 unspecified atom stereocenters. The van der Waals surface area contributed by atoms with Gasteiger partial charge in [0.15, 0.2) is 0 Å². The van der Waals surface area contributed by atoms with E-state index in [1.807, 2.05) is 91.9 Å². The van der Waals surface area contributed by atoms with E-state index in [0.717, 1.165) is 59.1 Å². The Kier molecular flexibility index (Phi) is 9.66. The molecule has 6 rings (SSSR count). The summed E-state index contributed by atoms with van der Waals surface area (Å²) >= 11 is 0. The van der Waals surface area contributed by atoms with Crippen LogP contribution >= 0.6 is 0 Å². The summed E-state index contributed by atoms with van der Waals surface area (Å²) in [6.45, 7) is 6.45. The van der Waals surface area contributed by atoms with Crippen molar-refractivity contribution < 1.29 is 33.5 Å². The number of ether oxygens (including phenoxy) is 6. The van der Waals surface area contributed by atoms with Gasteiger partial charge in [0, 0.05) is 12.8 Å². The molecule has 5 atom stereocenters. The van der Waals surface area contributed by atoms with Crippen molar-refractivity contribution >= 4 is 0 Å². The van der Waals surface area contributed by atoms with Gasteiger partial charge in [-0.25, -0.2) is 0 Å². The lowest BCUT2D eigenvalue weighted by atomic mass is 10.1. The largest absolute Gasteiger partial charge is 0.491 e. The number of rotatable bonds is 16. The summed E-state index contributed by atoms with van der Waals surface area (Å²) in [5, 5.41) is 10.6. The highest BCUT2D eigenvalue weighted by molar-refractivity contribution is 5.65. The van der Waals surface area contributed by atoms with Crippen LogP contribution in [-0.4, -0.2) is 62.1 Å². The summed E-state index contributed by atoms with van der Waals surface area (Å²) < 4.78 is 34.1. The van der Waals surface area contributed by atoms with Crippen molar-refractivity contribution in [2.45, 2.75) is 57.2 Å². The minimum absolute atomic E-state index is 0.129.